The van der Waals surface area contributed by atoms with Gasteiger partial charge in [-0.25, -0.2) is 4.79 Å². The Kier molecular flexibility index (Phi) is 6.15. The molecule has 0 fully saturated rings. The second-order valence-corrected chi connectivity index (χ2v) is 4.59. The van der Waals surface area contributed by atoms with E-state index in [2.05, 4.69) is 5.32 Å². The predicted octanol–water partition coefficient (Wildman–Crippen LogP) is 2.78. The lowest BCUT2D eigenvalue weighted by Crippen LogP contribution is -2.41. The summed E-state index contributed by atoms with van der Waals surface area (Å²) < 4.78 is 38.5. The van der Waals surface area contributed by atoms with Crippen molar-refractivity contribution in [1.29, 1.82) is 0 Å². The summed E-state index contributed by atoms with van der Waals surface area (Å²) in [6, 6.07) is 3.55. The molecule has 1 aromatic rings. The Labute approximate surface area is 125 Å². The van der Waals surface area contributed by atoms with Crippen molar-refractivity contribution in [3.05, 3.63) is 47.5 Å². The van der Waals surface area contributed by atoms with Crippen molar-refractivity contribution < 1.29 is 27.9 Å². The molecule has 0 saturated heterocycles. The lowest BCUT2D eigenvalue weighted by Gasteiger charge is -2.15. The zero-order chi connectivity index (χ0) is 16.8. The van der Waals surface area contributed by atoms with Crippen LogP contribution >= 0.6 is 0 Å². The van der Waals surface area contributed by atoms with Gasteiger partial charge in [-0.15, -0.1) is 0 Å². The van der Waals surface area contributed by atoms with Crippen LogP contribution in [0.1, 0.15) is 24.5 Å². The molecule has 1 amide bonds. The summed E-state index contributed by atoms with van der Waals surface area (Å²) in [6.07, 6.45) is -1.84. The van der Waals surface area contributed by atoms with Crippen LogP contribution in [0, 0.1) is 0 Å². The maximum absolute atomic E-state index is 12.8. The number of carboxylic acid groups (broad SMARTS) is 1. The summed E-state index contributed by atoms with van der Waals surface area (Å²) in [5.41, 5.74) is -1.09. The lowest BCUT2D eigenvalue weighted by atomic mass is 10.0. The number of halogens is 3. The van der Waals surface area contributed by atoms with Gasteiger partial charge in [0, 0.05) is 0 Å². The van der Waals surface area contributed by atoms with Crippen LogP contribution in [-0.2, 0) is 22.2 Å². The van der Waals surface area contributed by atoms with Crippen molar-refractivity contribution in [2.75, 3.05) is 0 Å². The average molecular weight is 315 g/mol. The van der Waals surface area contributed by atoms with Gasteiger partial charge in [0.05, 0.1) is 12.0 Å². The summed E-state index contributed by atoms with van der Waals surface area (Å²) in [5.74, 6) is -2.01. The van der Waals surface area contributed by atoms with Gasteiger partial charge in [-0.3, -0.25) is 4.79 Å². The van der Waals surface area contributed by atoms with E-state index in [1.807, 2.05) is 0 Å². The largest absolute Gasteiger partial charge is 0.480 e. The number of aliphatic carboxylic acids is 1. The molecule has 0 aromatic heterocycles. The van der Waals surface area contributed by atoms with Gasteiger partial charge in [0.2, 0.25) is 5.91 Å². The number of nitrogens with one attached hydrogen (secondary N) is 1. The Morgan fingerprint density at radius 2 is 1.95 bits per heavy atom. The number of carboxylic acids is 1. The van der Waals surface area contributed by atoms with Crippen LogP contribution in [0.5, 0.6) is 0 Å². The molecular weight excluding hydrogens is 299 g/mol. The van der Waals surface area contributed by atoms with Crippen molar-refractivity contribution in [1.82, 2.24) is 5.32 Å². The molecule has 2 N–H and O–H groups in total. The number of amides is 1. The van der Waals surface area contributed by atoms with E-state index in [9.17, 15) is 22.8 Å². The predicted molar refractivity (Wildman–Crippen MR) is 74.1 cm³/mol. The lowest BCUT2D eigenvalue weighted by molar-refractivity contribution is -0.142. The molecule has 4 nitrogen and oxygen atoms in total. The van der Waals surface area contributed by atoms with Gasteiger partial charge in [-0.05, 0) is 25.0 Å². The smallest absolute Gasteiger partial charge is 0.416 e. The van der Waals surface area contributed by atoms with Crippen LogP contribution in [0.3, 0.4) is 0 Å². The normalized spacial score (nSPS) is 13.1. The molecule has 7 heteroatoms. The van der Waals surface area contributed by atoms with E-state index in [1.165, 1.54) is 18.2 Å². The molecule has 1 unspecified atom stereocenters. The minimum atomic E-state index is -4.56. The molecule has 0 radical (unpaired) electrons. The summed E-state index contributed by atoms with van der Waals surface area (Å²) >= 11 is 0. The third kappa shape index (κ3) is 5.23. The molecule has 0 spiro atoms. The zero-order valence-corrected chi connectivity index (χ0v) is 11.9. The number of carbonyl (C=O) groups excluding carboxylic acids is 1. The van der Waals surface area contributed by atoms with Gasteiger partial charge in [0.1, 0.15) is 6.04 Å². The van der Waals surface area contributed by atoms with E-state index in [0.29, 0.717) is 0 Å². The third-order valence-corrected chi connectivity index (χ3v) is 2.91. The Hall–Kier alpha value is -2.31. The van der Waals surface area contributed by atoms with Crippen molar-refractivity contribution in [2.24, 2.45) is 0 Å². The first-order valence-corrected chi connectivity index (χ1v) is 6.54. The van der Waals surface area contributed by atoms with Crippen LogP contribution in [0.4, 0.5) is 13.2 Å². The molecule has 1 aromatic carbocycles. The first kappa shape index (κ1) is 17.7. The van der Waals surface area contributed by atoms with E-state index in [0.717, 1.165) is 6.07 Å². The fraction of sp³-hybridized carbons (Fsp3) is 0.333. The maximum atomic E-state index is 12.8. The van der Waals surface area contributed by atoms with E-state index in [4.69, 9.17) is 5.11 Å². The number of alkyl halides is 3. The standard InChI is InChI=1S/C15H16F3NO3/c1-2-3-8-12(14(21)22)19-13(20)9-10-6-4-5-7-11(10)15(16,17)18/h2-7,12H,8-9H2,1H3,(H,19,20)(H,21,22)/b3-2+. The monoisotopic (exact) mass is 315 g/mol. The Morgan fingerprint density at radius 1 is 1.32 bits per heavy atom. The molecule has 0 bridgehead atoms. The minimum absolute atomic E-state index is 0.0679. The first-order valence-electron chi connectivity index (χ1n) is 6.54. The maximum Gasteiger partial charge on any atom is 0.416 e. The molecular formula is C15H16F3NO3. The second-order valence-electron chi connectivity index (χ2n) is 4.59. The number of rotatable bonds is 6. The van der Waals surface area contributed by atoms with Gasteiger partial charge in [-0.2, -0.15) is 13.2 Å². The van der Waals surface area contributed by atoms with Crippen molar-refractivity contribution in [2.45, 2.75) is 32.0 Å². The van der Waals surface area contributed by atoms with Crippen LogP contribution in [0.15, 0.2) is 36.4 Å². The van der Waals surface area contributed by atoms with Gasteiger partial charge >= 0.3 is 12.1 Å². The fourth-order valence-electron chi connectivity index (χ4n) is 1.86. The molecule has 120 valence electrons. The highest BCUT2D eigenvalue weighted by atomic mass is 19.4. The Bertz CT molecular complexity index is 567. The topological polar surface area (TPSA) is 66.4 Å². The molecule has 1 atom stereocenters. The highest BCUT2D eigenvalue weighted by Gasteiger charge is 2.33. The van der Waals surface area contributed by atoms with Crippen molar-refractivity contribution in [3.63, 3.8) is 0 Å². The summed E-state index contributed by atoms with van der Waals surface area (Å²) in [6.45, 7) is 1.69. The molecule has 1 rings (SSSR count). The molecule has 0 aliphatic heterocycles. The van der Waals surface area contributed by atoms with E-state index < -0.39 is 36.1 Å². The quantitative estimate of drug-likeness (QED) is 0.793. The average Bonchev–Trinajstić information content (AvgIpc) is 2.42. The minimum Gasteiger partial charge on any atom is -0.480 e. The number of hydrogen-bond donors (Lipinski definition) is 2. The summed E-state index contributed by atoms with van der Waals surface area (Å²) in [7, 11) is 0. The molecule has 0 aliphatic carbocycles. The van der Waals surface area contributed by atoms with Crippen molar-refractivity contribution >= 4 is 11.9 Å². The van der Waals surface area contributed by atoms with E-state index in [-0.39, 0.29) is 12.0 Å². The van der Waals surface area contributed by atoms with Gasteiger partial charge in [0.25, 0.3) is 0 Å². The van der Waals surface area contributed by atoms with Crippen LogP contribution in [0.25, 0.3) is 0 Å². The Balaban J connectivity index is 2.83. The van der Waals surface area contributed by atoms with E-state index in [1.54, 1.807) is 19.1 Å². The second kappa shape index (κ2) is 7.63. The highest BCUT2D eigenvalue weighted by molar-refractivity contribution is 5.85. The third-order valence-electron chi connectivity index (χ3n) is 2.91. The van der Waals surface area contributed by atoms with Gasteiger partial charge in [0.15, 0.2) is 0 Å². The van der Waals surface area contributed by atoms with Crippen LogP contribution < -0.4 is 5.32 Å². The summed E-state index contributed by atoms with van der Waals surface area (Å²) in [5, 5.41) is 11.2. The first-order chi connectivity index (χ1) is 10.3. The zero-order valence-electron chi connectivity index (χ0n) is 11.9. The van der Waals surface area contributed by atoms with E-state index >= 15 is 0 Å². The summed E-state index contributed by atoms with van der Waals surface area (Å²) in [4.78, 5) is 22.8. The number of hydrogen-bond acceptors (Lipinski definition) is 2. The molecule has 22 heavy (non-hydrogen) atoms. The number of allylic oxidation sites excluding steroid dienone is 1. The van der Waals surface area contributed by atoms with Crippen LogP contribution in [0.2, 0.25) is 0 Å². The highest BCUT2D eigenvalue weighted by Crippen LogP contribution is 2.31. The van der Waals surface area contributed by atoms with Crippen molar-refractivity contribution in [3.8, 4) is 0 Å². The fourth-order valence-corrected chi connectivity index (χ4v) is 1.86. The van der Waals surface area contributed by atoms with Crippen LogP contribution in [-0.4, -0.2) is 23.0 Å². The molecule has 0 heterocycles. The molecule has 0 saturated carbocycles. The SMILES string of the molecule is C/C=C/CC(NC(=O)Cc1ccccc1C(F)(F)F)C(=O)O. The van der Waals surface area contributed by atoms with Gasteiger partial charge < -0.3 is 10.4 Å². The number of carbonyl (C=O) groups is 2. The van der Waals surface area contributed by atoms with Gasteiger partial charge in [-0.1, -0.05) is 30.4 Å². The number of benzene rings is 1. The molecule has 0 aliphatic rings. The Morgan fingerprint density at radius 3 is 2.50 bits per heavy atom.